The molecule has 8 nitrogen and oxygen atoms in total. The summed E-state index contributed by atoms with van der Waals surface area (Å²) in [6.45, 7) is 1.92. The number of rotatable bonds is 3. The van der Waals surface area contributed by atoms with Crippen LogP contribution in [0.5, 0.6) is 0 Å². The topological polar surface area (TPSA) is 114 Å². The molecule has 7 atom stereocenters. The van der Waals surface area contributed by atoms with Crippen molar-refractivity contribution < 1.29 is 19.8 Å². The van der Waals surface area contributed by atoms with Gasteiger partial charge in [-0.15, -0.1) is 0 Å². The minimum Gasteiger partial charge on any atom is -0.478 e. The van der Waals surface area contributed by atoms with Crippen molar-refractivity contribution in [2.75, 3.05) is 33.7 Å². The highest BCUT2D eigenvalue weighted by molar-refractivity contribution is 6.04. The van der Waals surface area contributed by atoms with Crippen LogP contribution in [0.1, 0.15) is 44.9 Å². The number of aliphatic carboxylic acids is 1. The summed E-state index contributed by atoms with van der Waals surface area (Å²) in [5.41, 5.74) is -2.05. The summed E-state index contributed by atoms with van der Waals surface area (Å²) in [6.07, 6.45) is 8.75. The Bertz CT molecular complexity index is 1160. The van der Waals surface area contributed by atoms with Gasteiger partial charge in [-0.05, 0) is 62.5 Å². The predicted molar refractivity (Wildman–Crippen MR) is 135 cm³/mol. The summed E-state index contributed by atoms with van der Waals surface area (Å²) < 4.78 is 0. The third-order valence-corrected chi connectivity index (χ3v) is 10.4. The van der Waals surface area contributed by atoms with Crippen LogP contribution in [0.25, 0.3) is 0 Å². The number of aliphatic hydroxyl groups is 1. The normalized spacial score (nSPS) is 43.8. The van der Waals surface area contributed by atoms with Crippen molar-refractivity contribution in [1.29, 1.82) is 0 Å². The summed E-state index contributed by atoms with van der Waals surface area (Å²) in [6, 6.07) is 0. The molecular weight excluding hydrogens is 456 g/mol. The zero-order valence-corrected chi connectivity index (χ0v) is 21.1. The first kappa shape index (κ1) is 23.7. The van der Waals surface area contributed by atoms with E-state index < -0.39 is 17.0 Å². The molecule has 6 rings (SSSR count). The lowest BCUT2D eigenvalue weighted by molar-refractivity contribution is -0.150. The number of carboxylic acids is 1. The summed E-state index contributed by atoms with van der Waals surface area (Å²) in [5, 5.41) is 29.3. The third kappa shape index (κ3) is 2.82. The van der Waals surface area contributed by atoms with Gasteiger partial charge in [0, 0.05) is 49.5 Å². The molecule has 0 saturated heterocycles. The van der Waals surface area contributed by atoms with Crippen LogP contribution in [0.4, 0.5) is 0 Å². The van der Waals surface area contributed by atoms with Crippen molar-refractivity contribution in [1.82, 2.24) is 15.5 Å². The molecule has 3 fully saturated rings. The lowest BCUT2D eigenvalue weighted by Gasteiger charge is -2.62. The SMILES string of the molecule is CN=C1NCC#CC2CC3CCCCC(=O)C4(O)CC35C(=C4C(=O)O)CC2C52CN1C=CC2CNC. The number of carboxylic acid groups (broad SMARTS) is 1. The highest BCUT2D eigenvalue weighted by Crippen LogP contribution is 2.78. The Kier molecular flexibility index (Phi) is 5.40. The molecule has 2 aliphatic heterocycles. The van der Waals surface area contributed by atoms with E-state index in [2.05, 4.69) is 44.6 Å². The van der Waals surface area contributed by atoms with Crippen LogP contribution >= 0.6 is 0 Å². The average molecular weight is 493 g/mol. The van der Waals surface area contributed by atoms with E-state index in [1.54, 1.807) is 7.05 Å². The van der Waals surface area contributed by atoms with Crippen molar-refractivity contribution in [3.05, 3.63) is 23.4 Å². The summed E-state index contributed by atoms with van der Waals surface area (Å²) in [4.78, 5) is 33.0. The summed E-state index contributed by atoms with van der Waals surface area (Å²) in [7, 11) is 3.72. The van der Waals surface area contributed by atoms with Gasteiger partial charge in [0.05, 0.1) is 12.1 Å². The van der Waals surface area contributed by atoms with E-state index in [1.807, 2.05) is 7.05 Å². The van der Waals surface area contributed by atoms with Gasteiger partial charge in [-0.1, -0.05) is 24.3 Å². The number of Topliss-reactive ketones (excluding diaryl/α,β-unsaturated/α-hetero) is 1. The summed E-state index contributed by atoms with van der Waals surface area (Å²) in [5.74, 6) is 6.82. The number of hydrogen-bond donors (Lipinski definition) is 4. The standard InChI is InChI=1S/C28H36N4O4/c1-29-14-19-9-11-32-16-27(19)20-13-21-23(24(34)35)28(36)15-26(21,27)18(7-3-4-8-22(28)33)12-17(20)6-5-10-31-25(32)30-2/h9,11,17-20,29,36H,3-4,7-8,10,12-16H2,1-2H3,(H,30,31)(H,34,35). The first-order valence-corrected chi connectivity index (χ1v) is 13.3. The van der Waals surface area contributed by atoms with Crippen LogP contribution in [0.2, 0.25) is 0 Å². The Morgan fingerprint density at radius 1 is 1.39 bits per heavy atom. The van der Waals surface area contributed by atoms with Gasteiger partial charge in [0.2, 0.25) is 0 Å². The molecule has 4 aliphatic carbocycles. The quantitative estimate of drug-likeness (QED) is 0.442. The second-order valence-corrected chi connectivity index (χ2v) is 11.6. The smallest absolute Gasteiger partial charge is 0.334 e. The Morgan fingerprint density at radius 3 is 2.97 bits per heavy atom. The lowest BCUT2D eigenvalue weighted by Crippen LogP contribution is -2.64. The summed E-state index contributed by atoms with van der Waals surface area (Å²) >= 11 is 0. The molecular formula is C28H36N4O4. The van der Waals surface area contributed by atoms with Gasteiger partial charge in [-0.3, -0.25) is 9.79 Å². The van der Waals surface area contributed by atoms with E-state index >= 15 is 0 Å². The number of allylic oxidation sites excluding steroid dienone is 1. The second-order valence-electron chi connectivity index (χ2n) is 11.6. The minimum atomic E-state index is -1.92. The monoisotopic (exact) mass is 492 g/mol. The number of aliphatic imine (C=N–C) groups is 1. The van der Waals surface area contributed by atoms with Gasteiger partial charge < -0.3 is 25.7 Å². The number of nitrogens with zero attached hydrogens (tertiary/aromatic N) is 2. The van der Waals surface area contributed by atoms with Crippen LogP contribution in [0.3, 0.4) is 0 Å². The maximum atomic E-state index is 13.5. The van der Waals surface area contributed by atoms with Crippen molar-refractivity contribution >= 4 is 17.7 Å². The number of nitrogens with one attached hydrogen (secondary N) is 2. The number of hydrogen-bond acceptors (Lipinski definition) is 5. The fourth-order valence-corrected chi connectivity index (χ4v) is 9.35. The molecule has 192 valence electrons. The average Bonchev–Trinajstić information content (AvgIpc) is 3.23. The molecule has 0 aromatic carbocycles. The molecule has 6 bridgehead atoms. The Hall–Kier alpha value is -2.63. The van der Waals surface area contributed by atoms with Crippen molar-refractivity contribution in [3.63, 3.8) is 0 Å². The molecule has 2 spiro atoms. The predicted octanol–water partition coefficient (Wildman–Crippen LogP) is 1.53. The Morgan fingerprint density at radius 2 is 2.22 bits per heavy atom. The van der Waals surface area contributed by atoms with E-state index in [-0.39, 0.29) is 53.3 Å². The molecule has 0 aromatic rings. The maximum Gasteiger partial charge on any atom is 0.334 e. The number of ketones is 1. The third-order valence-electron chi connectivity index (χ3n) is 10.4. The second kappa shape index (κ2) is 8.19. The number of carbonyl (C=O) groups is 2. The highest BCUT2D eigenvalue weighted by Gasteiger charge is 2.77. The number of carbonyl (C=O) groups excluding carboxylic acids is 1. The molecule has 3 saturated carbocycles. The zero-order valence-electron chi connectivity index (χ0n) is 21.1. The molecule has 36 heavy (non-hydrogen) atoms. The number of fused-ring (bicyclic) bond motifs is 2. The molecule has 0 aromatic heterocycles. The first-order chi connectivity index (χ1) is 17.3. The van der Waals surface area contributed by atoms with Crippen LogP contribution in [-0.2, 0) is 9.59 Å². The largest absolute Gasteiger partial charge is 0.478 e. The lowest BCUT2D eigenvalue weighted by atomic mass is 9.43. The fourth-order valence-electron chi connectivity index (χ4n) is 9.35. The van der Waals surface area contributed by atoms with Crippen molar-refractivity contribution in [2.45, 2.75) is 50.5 Å². The van der Waals surface area contributed by atoms with Gasteiger partial charge in [-0.25, -0.2) is 4.79 Å². The molecule has 2 heterocycles. The minimum absolute atomic E-state index is 0.0171. The zero-order chi connectivity index (χ0) is 25.3. The van der Waals surface area contributed by atoms with Crippen LogP contribution in [0.15, 0.2) is 28.4 Å². The molecule has 0 radical (unpaired) electrons. The van der Waals surface area contributed by atoms with Crippen molar-refractivity contribution in [3.8, 4) is 11.8 Å². The van der Waals surface area contributed by atoms with Gasteiger partial charge in [0.25, 0.3) is 0 Å². The van der Waals surface area contributed by atoms with Crippen LogP contribution in [-0.4, -0.2) is 72.2 Å². The highest BCUT2D eigenvalue weighted by atomic mass is 16.4. The van der Waals surface area contributed by atoms with E-state index in [0.29, 0.717) is 25.9 Å². The van der Waals surface area contributed by atoms with Crippen LogP contribution in [0, 0.1) is 46.3 Å². The molecule has 7 unspecified atom stereocenters. The van der Waals surface area contributed by atoms with Gasteiger partial charge in [0.15, 0.2) is 17.3 Å². The number of guanidine groups is 1. The van der Waals surface area contributed by atoms with Crippen LogP contribution < -0.4 is 10.6 Å². The molecule has 8 heteroatoms. The van der Waals surface area contributed by atoms with Gasteiger partial charge in [-0.2, -0.15) is 0 Å². The van der Waals surface area contributed by atoms with E-state index in [0.717, 1.165) is 37.3 Å². The Balaban J connectivity index is 1.69. The molecule has 0 amide bonds. The first-order valence-electron chi connectivity index (χ1n) is 13.3. The van der Waals surface area contributed by atoms with Crippen molar-refractivity contribution in [2.24, 2.45) is 39.5 Å². The molecule has 4 N–H and O–H groups in total. The Labute approximate surface area is 212 Å². The maximum absolute atomic E-state index is 13.5. The van der Waals surface area contributed by atoms with E-state index in [1.165, 1.54) is 0 Å². The van der Waals surface area contributed by atoms with E-state index in [4.69, 9.17) is 0 Å². The molecule has 6 aliphatic rings. The fraction of sp³-hybridized carbons (Fsp3) is 0.679. The van der Waals surface area contributed by atoms with Gasteiger partial charge in [0.1, 0.15) is 0 Å². The van der Waals surface area contributed by atoms with Gasteiger partial charge >= 0.3 is 5.97 Å². The van der Waals surface area contributed by atoms with E-state index in [9.17, 15) is 19.8 Å².